The summed E-state index contributed by atoms with van der Waals surface area (Å²) in [7, 11) is 0. The van der Waals surface area contributed by atoms with Gasteiger partial charge in [0, 0.05) is 23.0 Å². The van der Waals surface area contributed by atoms with Crippen molar-refractivity contribution >= 4 is 21.8 Å². The maximum absolute atomic E-state index is 13.7. The molecule has 4 aromatic rings. The van der Waals surface area contributed by atoms with E-state index in [4.69, 9.17) is 0 Å². The van der Waals surface area contributed by atoms with Gasteiger partial charge in [-0.2, -0.15) is 13.2 Å². The number of benzene rings is 2. The average Bonchev–Trinajstić information content (AvgIpc) is 2.93. The molecule has 0 radical (unpaired) electrons. The van der Waals surface area contributed by atoms with E-state index in [1.807, 2.05) is 12.1 Å². The van der Waals surface area contributed by atoms with Crippen molar-refractivity contribution in [3.8, 4) is 11.6 Å². The van der Waals surface area contributed by atoms with Crippen LogP contribution in [0, 0.1) is 0 Å². The van der Waals surface area contributed by atoms with Crippen molar-refractivity contribution < 1.29 is 18.3 Å². The fourth-order valence-corrected chi connectivity index (χ4v) is 3.55. The van der Waals surface area contributed by atoms with Gasteiger partial charge in [0.25, 0.3) is 0 Å². The van der Waals surface area contributed by atoms with Crippen LogP contribution >= 0.6 is 0 Å². The van der Waals surface area contributed by atoms with Crippen LogP contribution in [0.25, 0.3) is 27.6 Å². The van der Waals surface area contributed by atoms with Gasteiger partial charge in [-0.1, -0.05) is 26.8 Å². The van der Waals surface area contributed by atoms with Gasteiger partial charge in [-0.15, -0.1) is 0 Å². The molecular formula is C22H19F3N2O. The minimum Gasteiger partial charge on any atom is -0.508 e. The molecule has 0 saturated heterocycles. The number of phenolic OH excluding ortho intramolecular Hbond substituents is 1. The molecule has 0 spiro atoms. The first kappa shape index (κ1) is 18.3. The highest BCUT2D eigenvalue weighted by Crippen LogP contribution is 2.41. The first-order chi connectivity index (χ1) is 13.1. The Morgan fingerprint density at radius 2 is 1.68 bits per heavy atom. The molecule has 2 heterocycles. The lowest BCUT2D eigenvalue weighted by atomic mass is 9.88. The van der Waals surface area contributed by atoms with E-state index < -0.39 is 11.7 Å². The Balaban J connectivity index is 2.16. The van der Waals surface area contributed by atoms with E-state index in [-0.39, 0.29) is 16.6 Å². The molecule has 0 amide bonds. The molecule has 28 heavy (non-hydrogen) atoms. The number of hydrogen-bond acceptors (Lipinski definition) is 2. The second-order valence-corrected chi connectivity index (χ2v) is 7.89. The molecular weight excluding hydrogens is 365 g/mol. The minimum absolute atomic E-state index is 0.0166. The molecule has 2 aromatic carbocycles. The van der Waals surface area contributed by atoms with Gasteiger partial charge in [0.1, 0.15) is 11.6 Å². The Bertz CT molecular complexity index is 1200. The van der Waals surface area contributed by atoms with Crippen molar-refractivity contribution in [2.75, 3.05) is 0 Å². The summed E-state index contributed by atoms with van der Waals surface area (Å²) in [5.74, 6) is 0.495. The van der Waals surface area contributed by atoms with E-state index >= 15 is 0 Å². The number of rotatable bonds is 1. The normalized spacial score (nSPS) is 12.8. The second kappa shape index (κ2) is 5.99. The Labute approximate surface area is 160 Å². The highest BCUT2D eigenvalue weighted by Gasteiger charge is 2.34. The number of alkyl halides is 3. The maximum atomic E-state index is 13.7. The summed E-state index contributed by atoms with van der Waals surface area (Å²) >= 11 is 0. The van der Waals surface area contributed by atoms with Gasteiger partial charge < -0.3 is 5.11 Å². The second-order valence-electron chi connectivity index (χ2n) is 7.89. The number of pyridine rings is 1. The number of aromatic hydroxyl groups is 1. The number of hydrogen-bond donors (Lipinski definition) is 1. The van der Waals surface area contributed by atoms with Crippen LogP contribution in [0.5, 0.6) is 5.75 Å². The van der Waals surface area contributed by atoms with E-state index in [9.17, 15) is 18.3 Å². The van der Waals surface area contributed by atoms with E-state index in [0.717, 1.165) is 11.6 Å². The van der Waals surface area contributed by atoms with Crippen molar-refractivity contribution in [3.05, 3.63) is 65.9 Å². The molecule has 0 aliphatic rings. The number of phenols is 1. The van der Waals surface area contributed by atoms with Crippen LogP contribution in [0.15, 0.2) is 54.7 Å². The number of nitrogens with zero attached hydrogens (tertiary/aromatic N) is 2. The van der Waals surface area contributed by atoms with Crippen molar-refractivity contribution in [3.63, 3.8) is 0 Å². The number of halogens is 3. The molecule has 2 aromatic heterocycles. The van der Waals surface area contributed by atoms with Crippen molar-refractivity contribution in [2.45, 2.75) is 32.4 Å². The van der Waals surface area contributed by atoms with Gasteiger partial charge in [0.2, 0.25) is 0 Å². The minimum atomic E-state index is -4.49. The molecule has 6 heteroatoms. The van der Waals surface area contributed by atoms with Crippen LogP contribution in [-0.2, 0) is 11.6 Å². The van der Waals surface area contributed by atoms with Crippen LogP contribution in [0.2, 0.25) is 0 Å². The van der Waals surface area contributed by atoms with Crippen LogP contribution in [0.1, 0.15) is 31.9 Å². The van der Waals surface area contributed by atoms with E-state index in [0.29, 0.717) is 22.2 Å². The first-order valence-corrected chi connectivity index (χ1v) is 8.87. The molecule has 4 rings (SSSR count). The highest BCUT2D eigenvalue weighted by molar-refractivity contribution is 6.11. The standard InChI is InChI=1S/C22H19F3N2O/c1-21(2,3)13-9-10-26-19(11-13)27-17-6-4-5-16(22(23,24)25)20(17)15-8-7-14(28)12-18(15)27/h4-12,28H,1-3H3. The van der Waals surface area contributed by atoms with Crippen molar-refractivity contribution in [1.82, 2.24) is 9.55 Å². The molecule has 3 nitrogen and oxygen atoms in total. The van der Waals surface area contributed by atoms with Gasteiger partial charge >= 0.3 is 6.18 Å². The molecule has 144 valence electrons. The maximum Gasteiger partial charge on any atom is 0.417 e. The van der Waals surface area contributed by atoms with Crippen molar-refractivity contribution in [1.29, 1.82) is 0 Å². The average molecular weight is 384 g/mol. The van der Waals surface area contributed by atoms with E-state index in [1.165, 1.54) is 24.3 Å². The fraction of sp³-hybridized carbons (Fsp3) is 0.227. The Morgan fingerprint density at radius 3 is 2.36 bits per heavy atom. The summed E-state index contributed by atoms with van der Waals surface area (Å²) < 4.78 is 42.7. The third-order valence-electron chi connectivity index (χ3n) is 4.92. The van der Waals surface area contributed by atoms with Crippen LogP contribution in [-0.4, -0.2) is 14.7 Å². The lowest BCUT2D eigenvalue weighted by Gasteiger charge is -2.20. The zero-order chi connectivity index (χ0) is 20.3. The quantitative estimate of drug-likeness (QED) is 0.424. The molecule has 0 bridgehead atoms. The van der Waals surface area contributed by atoms with Crippen molar-refractivity contribution in [2.24, 2.45) is 0 Å². The van der Waals surface area contributed by atoms with Gasteiger partial charge in [-0.3, -0.25) is 4.57 Å². The summed E-state index contributed by atoms with van der Waals surface area (Å²) in [5.41, 5.74) is 1.04. The zero-order valence-electron chi connectivity index (χ0n) is 15.7. The van der Waals surface area contributed by atoms with Crippen LogP contribution in [0.3, 0.4) is 0 Å². The third-order valence-corrected chi connectivity index (χ3v) is 4.92. The summed E-state index contributed by atoms with van der Waals surface area (Å²) in [6, 6.07) is 12.3. The summed E-state index contributed by atoms with van der Waals surface area (Å²) in [6.45, 7) is 6.18. The predicted molar refractivity (Wildman–Crippen MR) is 104 cm³/mol. The van der Waals surface area contributed by atoms with Gasteiger partial charge in [-0.25, -0.2) is 4.98 Å². The predicted octanol–water partition coefficient (Wildman–Crippen LogP) is 6.20. The molecule has 0 saturated carbocycles. The molecule has 0 aliphatic heterocycles. The topological polar surface area (TPSA) is 38.0 Å². The summed E-state index contributed by atoms with van der Waals surface area (Å²) in [4.78, 5) is 4.42. The van der Waals surface area contributed by atoms with Crippen LogP contribution < -0.4 is 0 Å². The number of aromatic nitrogens is 2. The Hall–Kier alpha value is -3.02. The molecule has 0 fully saturated rings. The van der Waals surface area contributed by atoms with Gasteiger partial charge in [-0.05, 0) is 47.4 Å². The van der Waals surface area contributed by atoms with Gasteiger partial charge in [0.05, 0.1) is 16.6 Å². The lowest BCUT2D eigenvalue weighted by Crippen LogP contribution is -2.12. The Morgan fingerprint density at radius 1 is 0.929 bits per heavy atom. The SMILES string of the molecule is CC(C)(C)c1ccnc(-n2c3cc(O)ccc3c3c(C(F)(F)F)cccc32)c1. The third kappa shape index (κ3) is 2.89. The summed E-state index contributed by atoms with van der Waals surface area (Å²) in [5, 5.41) is 10.5. The largest absolute Gasteiger partial charge is 0.508 e. The number of fused-ring (bicyclic) bond motifs is 3. The molecule has 0 unspecified atom stereocenters. The monoisotopic (exact) mass is 384 g/mol. The Kier molecular flexibility index (Phi) is 3.93. The molecule has 0 aliphatic carbocycles. The molecule has 1 N–H and O–H groups in total. The van der Waals surface area contributed by atoms with E-state index in [1.54, 1.807) is 16.8 Å². The first-order valence-electron chi connectivity index (χ1n) is 8.87. The van der Waals surface area contributed by atoms with E-state index in [2.05, 4.69) is 25.8 Å². The highest BCUT2D eigenvalue weighted by atomic mass is 19.4. The summed E-state index contributed by atoms with van der Waals surface area (Å²) in [6.07, 6.45) is -2.83. The zero-order valence-corrected chi connectivity index (χ0v) is 15.7. The lowest BCUT2D eigenvalue weighted by molar-refractivity contribution is -0.136. The smallest absolute Gasteiger partial charge is 0.417 e. The van der Waals surface area contributed by atoms with Gasteiger partial charge in [0.15, 0.2) is 0 Å². The molecule has 0 atom stereocenters. The fourth-order valence-electron chi connectivity index (χ4n) is 3.55. The van der Waals surface area contributed by atoms with Crippen LogP contribution in [0.4, 0.5) is 13.2 Å².